The van der Waals surface area contributed by atoms with Gasteiger partial charge in [0.1, 0.15) is 19.4 Å². The van der Waals surface area contributed by atoms with E-state index in [-0.39, 0.29) is 11.7 Å². The second-order valence-corrected chi connectivity index (χ2v) is 2.02. The summed E-state index contributed by atoms with van der Waals surface area (Å²) in [6, 6.07) is 2.22. The van der Waals surface area contributed by atoms with Crippen molar-refractivity contribution in [2.45, 2.75) is 0 Å². The van der Waals surface area contributed by atoms with Crippen LogP contribution in [0.2, 0.25) is 0 Å². The van der Waals surface area contributed by atoms with Crippen LogP contribution in [0.5, 0.6) is 5.75 Å². The van der Waals surface area contributed by atoms with Gasteiger partial charge in [0, 0.05) is 0 Å². The van der Waals surface area contributed by atoms with Gasteiger partial charge in [-0.1, -0.05) is 11.5 Å². The summed E-state index contributed by atoms with van der Waals surface area (Å²) in [6.45, 7) is 0. The molecule has 11 heavy (non-hydrogen) atoms. The molecule has 0 spiro atoms. The number of halogens is 1. The minimum absolute atomic E-state index is 0.00602. The molecule has 0 amide bonds. The van der Waals surface area contributed by atoms with Crippen LogP contribution in [0, 0.1) is 5.82 Å². The maximum atomic E-state index is 12.6. The maximum Gasteiger partial charge on any atom is 0.156 e. The molecule has 0 atom stereocenters. The number of benzene rings is 1. The number of hydrogen-bond donors (Lipinski definition) is 1. The molecule has 0 aliphatic rings. The van der Waals surface area contributed by atoms with Gasteiger partial charge in [0.05, 0.1) is 5.56 Å². The largest absolute Gasteiger partial charge is 0.508 e. The van der Waals surface area contributed by atoms with E-state index in [1.165, 1.54) is 6.07 Å². The summed E-state index contributed by atoms with van der Waals surface area (Å²) in [5.74, 6) is -1.27. The highest BCUT2D eigenvalue weighted by atomic mass is 19.1. The normalized spacial score (nSPS) is 9.55. The molecule has 2 radical (unpaired) electrons. The van der Waals surface area contributed by atoms with Crippen molar-refractivity contribution < 1.29 is 14.3 Å². The number of aromatic hydroxyl groups is 1. The first kappa shape index (κ1) is 7.79. The van der Waals surface area contributed by atoms with Crippen LogP contribution >= 0.6 is 0 Å². The predicted octanol–water partition coefficient (Wildman–Crippen LogP) is 0.138. The zero-order valence-electron chi connectivity index (χ0n) is 5.54. The Morgan fingerprint density at radius 3 is 2.64 bits per heavy atom. The van der Waals surface area contributed by atoms with E-state index in [0.717, 1.165) is 6.07 Å². The molecular formula is C7H4BFO2. The van der Waals surface area contributed by atoms with Crippen LogP contribution in [0.25, 0.3) is 0 Å². The third-order valence-electron chi connectivity index (χ3n) is 1.31. The number of aldehydes is 1. The van der Waals surface area contributed by atoms with Crippen LogP contribution in [-0.2, 0) is 0 Å². The number of phenolic OH excluding ortho intramolecular Hbond substituents is 1. The second-order valence-electron chi connectivity index (χ2n) is 2.02. The lowest BCUT2D eigenvalue weighted by atomic mass is 9.93. The molecule has 0 heterocycles. The Kier molecular flexibility index (Phi) is 1.94. The molecule has 1 N–H and O–H groups in total. The van der Waals surface area contributed by atoms with Gasteiger partial charge in [-0.25, -0.2) is 4.39 Å². The molecule has 0 aliphatic heterocycles. The fraction of sp³-hybridized carbons (Fsp3) is 0. The van der Waals surface area contributed by atoms with Gasteiger partial charge in [-0.05, 0) is 6.07 Å². The zero-order chi connectivity index (χ0) is 8.43. The Hall–Kier alpha value is -1.32. The molecule has 4 heteroatoms. The molecule has 0 fully saturated rings. The van der Waals surface area contributed by atoms with Crippen molar-refractivity contribution in [2.24, 2.45) is 0 Å². The first-order valence-electron chi connectivity index (χ1n) is 2.89. The van der Waals surface area contributed by atoms with Crippen molar-refractivity contribution >= 4 is 19.6 Å². The maximum absolute atomic E-state index is 12.6. The highest BCUT2D eigenvalue weighted by Gasteiger charge is 2.07. The quantitative estimate of drug-likeness (QED) is 0.456. The number of carbonyl (C=O) groups excluding carboxylic acids is 1. The predicted molar refractivity (Wildman–Crippen MR) is 38.8 cm³/mol. The average Bonchev–Trinajstić information content (AvgIpc) is 1.99. The summed E-state index contributed by atoms with van der Waals surface area (Å²) >= 11 is 0. The number of phenols is 1. The molecule has 0 bridgehead atoms. The number of rotatable bonds is 1. The minimum atomic E-state index is -0.772. The van der Waals surface area contributed by atoms with Gasteiger partial charge in [0.2, 0.25) is 0 Å². The van der Waals surface area contributed by atoms with E-state index in [9.17, 15) is 9.18 Å². The van der Waals surface area contributed by atoms with E-state index < -0.39 is 17.1 Å². The lowest BCUT2D eigenvalue weighted by molar-refractivity contribution is 0.111. The summed E-state index contributed by atoms with van der Waals surface area (Å²) < 4.78 is 12.6. The summed E-state index contributed by atoms with van der Waals surface area (Å²) in [5, 5.41) is 8.98. The third kappa shape index (κ3) is 1.24. The number of carbonyl (C=O) groups is 1. The Bertz CT molecular complexity index is 299. The molecule has 2 nitrogen and oxygen atoms in total. The molecule has 0 saturated carbocycles. The van der Waals surface area contributed by atoms with E-state index in [0.29, 0.717) is 0 Å². The van der Waals surface area contributed by atoms with E-state index in [1.54, 1.807) is 0 Å². The van der Waals surface area contributed by atoms with Crippen LogP contribution in [0.4, 0.5) is 4.39 Å². The summed E-state index contributed by atoms with van der Waals surface area (Å²) in [7, 11) is 5.19. The van der Waals surface area contributed by atoms with Crippen LogP contribution in [0.15, 0.2) is 12.1 Å². The van der Waals surface area contributed by atoms with E-state index in [1.807, 2.05) is 0 Å². The monoisotopic (exact) mass is 150 g/mol. The summed E-state index contributed by atoms with van der Waals surface area (Å²) in [5.41, 5.74) is -0.404. The van der Waals surface area contributed by atoms with Gasteiger partial charge in [0.15, 0.2) is 6.29 Å². The summed E-state index contributed by atoms with van der Waals surface area (Å²) in [6.07, 6.45) is 0.223. The molecular weight excluding hydrogens is 146 g/mol. The fourth-order valence-corrected chi connectivity index (χ4v) is 0.712. The third-order valence-corrected chi connectivity index (χ3v) is 1.31. The Morgan fingerprint density at radius 2 is 2.18 bits per heavy atom. The molecule has 54 valence electrons. The van der Waals surface area contributed by atoms with Crippen molar-refractivity contribution in [3.63, 3.8) is 0 Å². The average molecular weight is 150 g/mol. The van der Waals surface area contributed by atoms with Crippen molar-refractivity contribution in [3.8, 4) is 5.75 Å². The molecule has 0 unspecified atom stereocenters. The van der Waals surface area contributed by atoms with Gasteiger partial charge < -0.3 is 5.11 Å². The van der Waals surface area contributed by atoms with Crippen LogP contribution in [-0.4, -0.2) is 19.2 Å². The topological polar surface area (TPSA) is 37.3 Å². The first-order valence-corrected chi connectivity index (χ1v) is 2.89. The van der Waals surface area contributed by atoms with Gasteiger partial charge >= 0.3 is 0 Å². The van der Waals surface area contributed by atoms with Gasteiger partial charge in [-0.2, -0.15) is 0 Å². The molecule has 1 rings (SSSR count). The molecule has 1 aromatic rings. The molecule has 0 aliphatic carbocycles. The van der Waals surface area contributed by atoms with Gasteiger partial charge in [-0.15, -0.1) is 0 Å². The number of hydrogen-bond acceptors (Lipinski definition) is 2. The summed E-state index contributed by atoms with van der Waals surface area (Å²) in [4.78, 5) is 10.1. The second kappa shape index (κ2) is 2.74. The smallest absolute Gasteiger partial charge is 0.156 e. The van der Waals surface area contributed by atoms with Crippen molar-refractivity contribution in [1.29, 1.82) is 0 Å². The highest BCUT2D eigenvalue weighted by Crippen LogP contribution is 2.13. The van der Waals surface area contributed by atoms with Crippen molar-refractivity contribution in [2.75, 3.05) is 0 Å². The zero-order valence-corrected chi connectivity index (χ0v) is 5.54. The Balaban J connectivity index is 3.40. The Morgan fingerprint density at radius 1 is 1.55 bits per heavy atom. The molecule has 1 aromatic carbocycles. The molecule has 0 aromatic heterocycles. The SMILES string of the molecule is [B]c1ccc(F)c(C=O)c1O. The van der Waals surface area contributed by atoms with Crippen LogP contribution in [0.1, 0.15) is 10.4 Å². The Labute approximate surface area is 64.1 Å². The lowest BCUT2D eigenvalue weighted by Gasteiger charge is -2.01. The first-order chi connectivity index (χ1) is 5.16. The molecule has 0 saturated heterocycles. The van der Waals surface area contributed by atoms with E-state index >= 15 is 0 Å². The lowest BCUT2D eigenvalue weighted by Crippen LogP contribution is -2.06. The highest BCUT2D eigenvalue weighted by molar-refractivity contribution is 6.34. The standard InChI is InChI=1S/C7H4BFO2/c8-5-1-2-6(9)4(3-10)7(5)11/h1-3,11H. The van der Waals surface area contributed by atoms with Crippen LogP contribution < -0.4 is 5.46 Å². The fourth-order valence-electron chi connectivity index (χ4n) is 0.712. The van der Waals surface area contributed by atoms with Gasteiger partial charge in [-0.3, -0.25) is 4.79 Å². The van der Waals surface area contributed by atoms with Gasteiger partial charge in [0.25, 0.3) is 0 Å². The van der Waals surface area contributed by atoms with Crippen molar-refractivity contribution in [3.05, 3.63) is 23.5 Å². The minimum Gasteiger partial charge on any atom is -0.508 e. The van der Waals surface area contributed by atoms with E-state index in [4.69, 9.17) is 13.0 Å². The van der Waals surface area contributed by atoms with Crippen molar-refractivity contribution in [1.82, 2.24) is 0 Å². The van der Waals surface area contributed by atoms with Crippen LogP contribution in [0.3, 0.4) is 0 Å². The van der Waals surface area contributed by atoms with E-state index in [2.05, 4.69) is 0 Å².